The molecule has 4 heteroatoms. The molecule has 0 aromatic carbocycles. The Morgan fingerprint density at radius 1 is 1.31 bits per heavy atom. The third-order valence-corrected chi connectivity index (χ3v) is 3.04. The van der Waals surface area contributed by atoms with E-state index in [2.05, 4.69) is 15.3 Å². The molecule has 88 valence electrons. The van der Waals surface area contributed by atoms with Gasteiger partial charge in [-0.1, -0.05) is 0 Å². The summed E-state index contributed by atoms with van der Waals surface area (Å²) >= 11 is 0. The van der Waals surface area contributed by atoms with E-state index in [9.17, 15) is 5.11 Å². The van der Waals surface area contributed by atoms with Gasteiger partial charge in [0.1, 0.15) is 0 Å². The fraction of sp³-hybridized carbons (Fsp3) is 0.667. The minimum Gasteiger partial charge on any atom is -0.393 e. The molecule has 1 saturated carbocycles. The van der Waals surface area contributed by atoms with Gasteiger partial charge in [-0.05, 0) is 45.1 Å². The van der Waals surface area contributed by atoms with Crippen molar-refractivity contribution in [2.45, 2.75) is 39.2 Å². The maximum Gasteiger partial charge on any atom is 0.223 e. The number of nitrogens with one attached hydrogen (secondary N) is 1. The number of nitrogens with zero attached hydrogens (tertiary/aromatic N) is 2. The van der Waals surface area contributed by atoms with Gasteiger partial charge >= 0.3 is 0 Å². The summed E-state index contributed by atoms with van der Waals surface area (Å²) in [5.41, 5.74) is 1.97. The Bertz CT molecular complexity index is 347. The average molecular weight is 221 g/mol. The molecule has 4 nitrogen and oxygen atoms in total. The van der Waals surface area contributed by atoms with E-state index in [1.54, 1.807) is 0 Å². The number of aliphatic hydroxyl groups excluding tert-OH is 1. The lowest BCUT2D eigenvalue weighted by molar-refractivity contribution is 0.178. The molecule has 0 bridgehead atoms. The summed E-state index contributed by atoms with van der Waals surface area (Å²) in [6.07, 6.45) is 2.82. The van der Waals surface area contributed by atoms with Crippen molar-refractivity contribution < 1.29 is 5.11 Å². The van der Waals surface area contributed by atoms with E-state index in [4.69, 9.17) is 0 Å². The Kier molecular flexibility index (Phi) is 3.39. The van der Waals surface area contributed by atoms with Crippen molar-refractivity contribution in [3.05, 3.63) is 17.5 Å². The van der Waals surface area contributed by atoms with Crippen LogP contribution in [-0.2, 0) is 0 Å². The third-order valence-electron chi connectivity index (χ3n) is 3.04. The lowest BCUT2D eigenvalue weighted by atomic mass is 10.1. The van der Waals surface area contributed by atoms with Gasteiger partial charge in [-0.3, -0.25) is 0 Å². The normalized spacial score (nSPS) is 24.7. The van der Waals surface area contributed by atoms with Gasteiger partial charge in [0.25, 0.3) is 0 Å². The van der Waals surface area contributed by atoms with E-state index in [1.165, 1.54) is 0 Å². The Labute approximate surface area is 96.1 Å². The maximum absolute atomic E-state index is 9.43. The lowest BCUT2D eigenvalue weighted by Crippen LogP contribution is -2.14. The molecule has 0 spiro atoms. The molecule has 0 amide bonds. The van der Waals surface area contributed by atoms with Crippen molar-refractivity contribution in [3.8, 4) is 0 Å². The topological polar surface area (TPSA) is 58.0 Å². The molecule has 1 heterocycles. The van der Waals surface area contributed by atoms with Gasteiger partial charge in [0.05, 0.1) is 6.10 Å². The van der Waals surface area contributed by atoms with Crippen LogP contribution in [0, 0.1) is 19.8 Å². The Morgan fingerprint density at radius 3 is 2.56 bits per heavy atom. The van der Waals surface area contributed by atoms with E-state index in [0.29, 0.717) is 11.9 Å². The van der Waals surface area contributed by atoms with Crippen molar-refractivity contribution in [2.75, 3.05) is 11.9 Å². The number of hydrogen-bond acceptors (Lipinski definition) is 4. The smallest absolute Gasteiger partial charge is 0.223 e. The monoisotopic (exact) mass is 221 g/mol. The van der Waals surface area contributed by atoms with Crippen LogP contribution in [0.3, 0.4) is 0 Å². The van der Waals surface area contributed by atoms with E-state index in [-0.39, 0.29) is 6.10 Å². The van der Waals surface area contributed by atoms with Crippen LogP contribution < -0.4 is 5.32 Å². The van der Waals surface area contributed by atoms with Gasteiger partial charge in [-0.25, -0.2) is 9.97 Å². The minimum absolute atomic E-state index is 0.105. The van der Waals surface area contributed by atoms with Crippen LogP contribution in [0.4, 0.5) is 5.95 Å². The summed E-state index contributed by atoms with van der Waals surface area (Å²) in [6, 6.07) is 1.96. The molecule has 1 aromatic rings. The summed E-state index contributed by atoms with van der Waals surface area (Å²) < 4.78 is 0. The van der Waals surface area contributed by atoms with Gasteiger partial charge in [0, 0.05) is 17.9 Å². The van der Waals surface area contributed by atoms with Gasteiger partial charge in [-0.2, -0.15) is 0 Å². The molecule has 1 aliphatic carbocycles. The second-order valence-corrected chi connectivity index (χ2v) is 4.69. The van der Waals surface area contributed by atoms with Crippen LogP contribution in [0.15, 0.2) is 6.07 Å². The summed E-state index contributed by atoms with van der Waals surface area (Å²) in [7, 11) is 0. The molecule has 0 radical (unpaired) electrons. The number of rotatable bonds is 3. The SMILES string of the molecule is Cc1cc(C)nc(NCC2CCC(O)C2)n1. The Hall–Kier alpha value is -1.16. The molecule has 2 unspecified atom stereocenters. The molecule has 2 rings (SSSR count). The quantitative estimate of drug-likeness (QED) is 0.815. The Morgan fingerprint density at radius 2 is 2.00 bits per heavy atom. The fourth-order valence-corrected chi connectivity index (χ4v) is 2.27. The second-order valence-electron chi connectivity index (χ2n) is 4.69. The second kappa shape index (κ2) is 4.78. The van der Waals surface area contributed by atoms with Crippen LogP contribution in [0.2, 0.25) is 0 Å². The van der Waals surface area contributed by atoms with Gasteiger partial charge in [0.2, 0.25) is 5.95 Å². The molecule has 16 heavy (non-hydrogen) atoms. The summed E-state index contributed by atoms with van der Waals surface area (Å²) in [5, 5.41) is 12.7. The first-order valence-corrected chi connectivity index (χ1v) is 5.87. The summed E-state index contributed by atoms with van der Waals surface area (Å²) in [5.74, 6) is 1.26. The van der Waals surface area contributed by atoms with Crippen molar-refractivity contribution >= 4 is 5.95 Å². The first kappa shape index (κ1) is 11.3. The van der Waals surface area contributed by atoms with Crippen LogP contribution in [-0.4, -0.2) is 27.7 Å². The van der Waals surface area contributed by atoms with Crippen molar-refractivity contribution in [2.24, 2.45) is 5.92 Å². The number of hydrogen-bond donors (Lipinski definition) is 2. The molecule has 1 fully saturated rings. The lowest BCUT2D eigenvalue weighted by Gasteiger charge is -2.11. The number of anilines is 1. The van der Waals surface area contributed by atoms with Gasteiger partial charge < -0.3 is 10.4 Å². The largest absolute Gasteiger partial charge is 0.393 e. The maximum atomic E-state index is 9.43. The predicted molar refractivity (Wildman–Crippen MR) is 63.3 cm³/mol. The molecule has 1 aliphatic rings. The van der Waals surface area contributed by atoms with Crippen LogP contribution >= 0.6 is 0 Å². The molecular formula is C12H19N3O. The standard InChI is InChI=1S/C12H19N3O/c1-8-5-9(2)15-12(14-8)13-7-10-3-4-11(16)6-10/h5,10-11,16H,3-4,6-7H2,1-2H3,(H,13,14,15). The first-order chi connectivity index (χ1) is 7.63. The summed E-state index contributed by atoms with van der Waals surface area (Å²) in [4.78, 5) is 8.66. The van der Waals surface area contributed by atoms with Crippen LogP contribution in [0.25, 0.3) is 0 Å². The molecular weight excluding hydrogens is 202 g/mol. The number of aliphatic hydroxyl groups is 1. The van der Waals surface area contributed by atoms with E-state index in [0.717, 1.165) is 37.2 Å². The Balaban J connectivity index is 1.89. The highest BCUT2D eigenvalue weighted by Crippen LogP contribution is 2.25. The predicted octanol–water partition coefficient (Wildman–Crippen LogP) is 1.67. The molecule has 0 aliphatic heterocycles. The van der Waals surface area contributed by atoms with Crippen molar-refractivity contribution in [1.82, 2.24) is 9.97 Å². The third kappa shape index (κ3) is 2.92. The zero-order valence-corrected chi connectivity index (χ0v) is 9.90. The number of aromatic nitrogens is 2. The summed E-state index contributed by atoms with van der Waals surface area (Å²) in [6.45, 7) is 4.80. The van der Waals surface area contributed by atoms with E-state index < -0.39 is 0 Å². The molecule has 1 aromatic heterocycles. The van der Waals surface area contributed by atoms with E-state index >= 15 is 0 Å². The van der Waals surface area contributed by atoms with E-state index in [1.807, 2.05) is 19.9 Å². The van der Waals surface area contributed by atoms with Crippen LogP contribution in [0.1, 0.15) is 30.7 Å². The zero-order chi connectivity index (χ0) is 11.5. The molecule has 0 saturated heterocycles. The highest BCUT2D eigenvalue weighted by molar-refractivity contribution is 5.27. The highest BCUT2D eigenvalue weighted by atomic mass is 16.3. The number of aryl methyl sites for hydroxylation is 2. The molecule has 2 N–H and O–H groups in total. The van der Waals surface area contributed by atoms with Crippen molar-refractivity contribution in [3.63, 3.8) is 0 Å². The highest BCUT2D eigenvalue weighted by Gasteiger charge is 2.22. The first-order valence-electron chi connectivity index (χ1n) is 5.87. The zero-order valence-electron chi connectivity index (χ0n) is 9.90. The van der Waals surface area contributed by atoms with Gasteiger partial charge in [-0.15, -0.1) is 0 Å². The minimum atomic E-state index is -0.105. The van der Waals surface area contributed by atoms with Crippen molar-refractivity contribution in [1.29, 1.82) is 0 Å². The van der Waals surface area contributed by atoms with Gasteiger partial charge in [0.15, 0.2) is 0 Å². The molecule has 2 atom stereocenters. The average Bonchev–Trinajstić information content (AvgIpc) is 2.60. The van der Waals surface area contributed by atoms with Crippen LogP contribution in [0.5, 0.6) is 0 Å². The fourth-order valence-electron chi connectivity index (χ4n) is 2.27.